The van der Waals surface area contributed by atoms with Crippen molar-refractivity contribution >= 4 is 49.6 Å². The molecule has 2 bridgehead atoms. The Bertz CT molecular complexity index is 3930. The molecule has 0 radical (unpaired) electrons. The number of nitrogens with zero attached hydrogens (tertiary/aromatic N) is 2. The molecule has 0 spiro atoms. The molecule has 0 saturated carbocycles. The van der Waals surface area contributed by atoms with Gasteiger partial charge in [0.05, 0.1) is 11.0 Å². The molecule has 13 rings (SSSR count). The Morgan fingerprint density at radius 2 is 1.07 bits per heavy atom. The van der Waals surface area contributed by atoms with Crippen molar-refractivity contribution in [1.82, 2.24) is 4.57 Å². The third kappa shape index (κ3) is 8.34. The summed E-state index contributed by atoms with van der Waals surface area (Å²) in [5, 5.41) is 5.01. The summed E-state index contributed by atoms with van der Waals surface area (Å²) >= 11 is 0. The molecule has 0 aliphatic heterocycles. The van der Waals surface area contributed by atoms with Gasteiger partial charge >= 0.3 is 0 Å². The van der Waals surface area contributed by atoms with Crippen LogP contribution >= 0.6 is 0 Å². The number of para-hydroxylation sites is 1. The van der Waals surface area contributed by atoms with E-state index in [2.05, 4.69) is 262 Å². The molecule has 11 aromatic rings. The van der Waals surface area contributed by atoms with Gasteiger partial charge in [0, 0.05) is 38.9 Å². The standard InChI is InChI=1S/C74H68N2/c1-6-7-8-9-10-19-61-43-50(4)55-31-40-66-67-41-32-60(48-71(67)74(61,5)70(66)47-55)54-29-38-64(39-30-54)75(62-34-25-51(26-35-62)49(2)3)63-36-27-53(28-37-63)59-33-42-73-69(46-59)68-21-13-14-22-72(68)76(73)65-20-15-18-57(45-65)58-24-23-52-16-11-12-17-56(52)44-58/h11-18,20-42,44-50,61H,6-10,19,43H2,1-5H3. The minimum absolute atomic E-state index is 0.00783. The second kappa shape index (κ2) is 19.6. The Morgan fingerprint density at radius 1 is 0.487 bits per heavy atom. The molecule has 0 N–H and O–H groups in total. The van der Waals surface area contributed by atoms with E-state index >= 15 is 0 Å². The van der Waals surface area contributed by atoms with Gasteiger partial charge in [0.2, 0.25) is 0 Å². The molecule has 2 nitrogen and oxygen atoms in total. The Kier molecular flexibility index (Phi) is 12.3. The van der Waals surface area contributed by atoms with Crippen molar-refractivity contribution in [3.8, 4) is 50.2 Å². The maximum Gasteiger partial charge on any atom is 0.0541 e. The van der Waals surface area contributed by atoms with Gasteiger partial charge in [-0.3, -0.25) is 0 Å². The van der Waals surface area contributed by atoms with Crippen LogP contribution in [0, 0.1) is 5.92 Å². The highest BCUT2D eigenvalue weighted by atomic mass is 15.1. The van der Waals surface area contributed by atoms with Crippen LogP contribution in [0.5, 0.6) is 0 Å². The highest BCUT2D eigenvalue weighted by Crippen LogP contribution is 2.58. The lowest BCUT2D eigenvalue weighted by Gasteiger charge is -2.36. The summed E-state index contributed by atoms with van der Waals surface area (Å²) in [4.78, 5) is 2.41. The van der Waals surface area contributed by atoms with Crippen LogP contribution < -0.4 is 4.90 Å². The lowest BCUT2D eigenvalue weighted by molar-refractivity contribution is 0.290. The summed E-state index contributed by atoms with van der Waals surface area (Å²) in [6.45, 7) is 11.9. The number of rotatable bonds is 14. The van der Waals surface area contributed by atoms with Gasteiger partial charge in [-0.05, 0) is 187 Å². The molecule has 2 aliphatic rings. The van der Waals surface area contributed by atoms with E-state index in [4.69, 9.17) is 0 Å². The molecular formula is C74H68N2. The van der Waals surface area contributed by atoms with E-state index in [1.54, 1.807) is 5.56 Å². The fraction of sp³-hybridized carbons (Fsp3) is 0.216. The molecule has 1 aromatic heterocycles. The van der Waals surface area contributed by atoms with Crippen molar-refractivity contribution in [2.45, 2.75) is 96.8 Å². The van der Waals surface area contributed by atoms with Crippen molar-refractivity contribution in [2.24, 2.45) is 5.92 Å². The lowest BCUT2D eigenvalue weighted by atomic mass is 9.66. The zero-order valence-corrected chi connectivity index (χ0v) is 44.9. The average Bonchev–Trinajstić information content (AvgIpc) is 4.01. The topological polar surface area (TPSA) is 8.17 Å². The minimum atomic E-state index is 0.00783. The zero-order chi connectivity index (χ0) is 51.5. The molecule has 2 aliphatic carbocycles. The van der Waals surface area contributed by atoms with Gasteiger partial charge in [0.25, 0.3) is 0 Å². The number of anilines is 3. The first-order chi connectivity index (χ1) is 37.2. The number of hydrogen-bond acceptors (Lipinski definition) is 1. The van der Waals surface area contributed by atoms with E-state index in [1.807, 2.05) is 0 Å². The molecule has 3 unspecified atom stereocenters. The fourth-order valence-electron chi connectivity index (χ4n) is 13.4. The maximum atomic E-state index is 2.59. The molecule has 0 fully saturated rings. The molecule has 2 heteroatoms. The van der Waals surface area contributed by atoms with Crippen LogP contribution in [0.15, 0.2) is 218 Å². The first kappa shape index (κ1) is 47.8. The second-order valence-corrected chi connectivity index (χ2v) is 22.7. The summed E-state index contributed by atoms with van der Waals surface area (Å²) in [6.07, 6.45) is 9.19. The lowest BCUT2D eigenvalue weighted by Crippen LogP contribution is -2.31. The highest BCUT2D eigenvalue weighted by Gasteiger charge is 2.47. The molecule has 1 heterocycles. The molecule has 10 aromatic carbocycles. The first-order valence-electron chi connectivity index (χ1n) is 28.3. The van der Waals surface area contributed by atoms with Crippen molar-refractivity contribution in [3.05, 3.63) is 241 Å². The maximum absolute atomic E-state index is 2.59. The molecular weight excluding hydrogens is 917 g/mol. The Labute approximate surface area is 450 Å². The van der Waals surface area contributed by atoms with Crippen molar-refractivity contribution in [2.75, 3.05) is 4.90 Å². The van der Waals surface area contributed by atoms with E-state index in [1.165, 1.54) is 139 Å². The number of fused-ring (bicyclic) bond motifs is 8. The fourth-order valence-corrected chi connectivity index (χ4v) is 13.4. The Hall–Kier alpha value is -7.94. The summed E-state index contributed by atoms with van der Waals surface area (Å²) in [5.41, 5.74) is 23.2. The molecule has 0 saturated heterocycles. The van der Waals surface area contributed by atoms with Crippen molar-refractivity contribution in [3.63, 3.8) is 0 Å². The number of unbranched alkanes of at least 4 members (excludes halogenated alkanes) is 4. The van der Waals surface area contributed by atoms with Crippen molar-refractivity contribution in [1.29, 1.82) is 0 Å². The number of aromatic nitrogens is 1. The van der Waals surface area contributed by atoms with Crippen LogP contribution in [-0.4, -0.2) is 4.57 Å². The first-order valence-corrected chi connectivity index (χ1v) is 28.3. The summed E-state index contributed by atoms with van der Waals surface area (Å²) < 4.78 is 2.43. The minimum Gasteiger partial charge on any atom is -0.311 e. The monoisotopic (exact) mass is 985 g/mol. The van der Waals surface area contributed by atoms with Crippen LogP contribution in [-0.2, 0) is 5.41 Å². The quantitative estimate of drug-likeness (QED) is 0.0986. The molecule has 76 heavy (non-hydrogen) atoms. The number of benzene rings is 10. The highest BCUT2D eigenvalue weighted by molar-refractivity contribution is 6.10. The van der Waals surface area contributed by atoms with Gasteiger partial charge in [-0.1, -0.05) is 206 Å². The summed E-state index contributed by atoms with van der Waals surface area (Å²) in [7, 11) is 0. The van der Waals surface area contributed by atoms with Crippen LogP contribution in [0.2, 0.25) is 0 Å². The Morgan fingerprint density at radius 3 is 1.80 bits per heavy atom. The van der Waals surface area contributed by atoms with Crippen LogP contribution in [0.1, 0.15) is 114 Å². The average molecular weight is 985 g/mol. The summed E-state index contributed by atoms with van der Waals surface area (Å²) in [5.74, 6) is 1.65. The van der Waals surface area contributed by atoms with Gasteiger partial charge in [0.1, 0.15) is 0 Å². The summed E-state index contributed by atoms with van der Waals surface area (Å²) in [6, 6.07) is 82.6. The van der Waals surface area contributed by atoms with E-state index in [0.717, 1.165) is 22.7 Å². The smallest absolute Gasteiger partial charge is 0.0541 e. The Balaban J connectivity index is 0.821. The third-order valence-electron chi connectivity index (χ3n) is 17.7. The van der Waals surface area contributed by atoms with Gasteiger partial charge in [-0.25, -0.2) is 0 Å². The molecule has 0 amide bonds. The van der Waals surface area contributed by atoms with Crippen LogP contribution in [0.3, 0.4) is 0 Å². The van der Waals surface area contributed by atoms with Gasteiger partial charge in [-0.15, -0.1) is 0 Å². The van der Waals surface area contributed by atoms with Gasteiger partial charge in [-0.2, -0.15) is 0 Å². The van der Waals surface area contributed by atoms with Gasteiger partial charge < -0.3 is 9.47 Å². The largest absolute Gasteiger partial charge is 0.311 e. The zero-order valence-electron chi connectivity index (χ0n) is 44.9. The van der Waals surface area contributed by atoms with E-state index in [-0.39, 0.29) is 5.41 Å². The van der Waals surface area contributed by atoms with Crippen molar-refractivity contribution < 1.29 is 0 Å². The third-order valence-corrected chi connectivity index (χ3v) is 17.7. The predicted molar refractivity (Wildman–Crippen MR) is 325 cm³/mol. The molecule has 374 valence electrons. The normalized spacial score (nSPS) is 16.7. The SMILES string of the molecule is CCCCCCCC1CC(C)c2ccc3c(c2)C1(C)c1cc(-c2ccc(N(c4ccc(-c5ccc6c(c5)c5ccccc5n6-c5cccc(-c6ccc7ccccc7c6)c5)cc4)c4ccc(C(C)C)cc4)cc2)ccc1-3. The predicted octanol–water partition coefficient (Wildman–Crippen LogP) is 21.3. The van der Waals surface area contributed by atoms with Gasteiger partial charge in [0.15, 0.2) is 0 Å². The van der Waals surface area contributed by atoms with Crippen LogP contribution in [0.4, 0.5) is 17.1 Å². The second-order valence-electron chi connectivity index (χ2n) is 22.7. The number of hydrogen-bond donors (Lipinski definition) is 0. The molecule has 3 atom stereocenters. The van der Waals surface area contributed by atoms with E-state index in [9.17, 15) is 0 Å². The van der Waals surface area contributed by atoms with Crippen LogP contribution in [0.25, 0.3) is 82.8 Å². The van der Waals surface area contributed by atoms with E-state index in [0.29, 0.717) is 17.8 Å². The van der Waals surface area contributed by atoms with E-state index < -0.39 is 0 Å².